The molecule has 0 amide bonds. The van der Waals surface area contributed by atoms with Crippen LogP contribution in [0.15, 0.2) is 0 Å². The molecule has 17 heavy (non-hydrogen) atoms. The van der Waals surface area contributed by atoms with Crippen molar-refractivity contribution >= 4 is 0 Å². The first-order valence-electron chi connectivity index (χ1n) is 7.04. The molecule has 0 heterocycles. The summed E-state index contributed by atoms with van der Waals surface area (Å²) in [6, 6.07) is 0. The minimum absolute atomic E-state index is 0.0112. The topological polar surface area (TPSA) is 20.2 Å². The molecule has 0 aromatic heterocycles. The van der Waals surface area contributed by atoms with Crippen molar-refractivity contribution in [2.75, 3.05) is 0 Å². The summed E-state index contributed by atoms with van der Waals surface area (Å²) in [5.41, 5.74) is 0. The highest BCUT2D eigenvalue weighted by molar-refractivity contribution is 4.87. The predicted molar refractivity (Wildman–Crippen MR) is 64.0 cm³/mol. The lowest BCUT2D eigenvalue weighted by molar-refractivity contribution is -0.0891. The maximum absolute atomic E-state index is 13.3. The summed E-state index contributed by atoms with van der Waals surface area (Å²) < 4.78 is 26.7. The highest BCUT2D eigenvalue weighted by Gasteiger charge is 2.41. The molecule has 0 spiro atoms. The Bertz CT molecular complexity index is 255. The van der Waals surface area contributed by atoms with Crippen molar-refractivity contribution in [1.82, 2.24) is 0 Å². The standard InChI is InChI=1S/C14H24F2O/c1-10-4-2-5-11(8-10)13(17)12-6-3-7-14(15,16)9-12/h10-13,17H,2-9H2,1H3. The van der Waals surface area contributed by atoms with E-state index in [-0.39, 0.29) is 24.7 Å². The molecular weight excluding hydrogens is 222 g/mol. The van der Waals surface area contributed by atoms with Gasteiger partial charge >= 0.3 is 0 Å². The van der Waals surface area contributed by atoms with E-state index >= 15 is 0 Å². The van der Waals surface area contributed by atoms with Crippen molar-refractivity contribution in [3.05, 3.63) is 0 Å². The molecule has 1 N–H and O–H groups in total. The van der Waals surface area contributed by atoms with E-state index in [1.54, 1.807) is 0 Å². The summed E-state index contributed by atoms with van der Waals surface area (Å²) in [4.78, 5) is 0. The quantitative estimate of drug-likeness (QED) is 0.780. The van der Waals surface area contributed by atoms with Gasteiger partial charge in [-0.25, -0.2) is 8.78 Å². The number of alkyl halides is 2. The fourth-order valence-corrected chi connectivity index (χ4v) is 3.68. The second-order valence-electron chi connectivity index (χ2n) is 6.23. The first kappa shape index (κ1) is 13.3. The van der Waals surface area contributed by atoms with E-state index in [1.165, 1.54) is 6.42 Å². The smallest absolute Gasteiger partial charge is 0.248 e. The molecule has 4 unspecified atom stereocenters. The van der Waals surface area contributed by atoms with Crippen molar-refractivity contribution in [1.29, 1.82) is 0 Å². The van der Waals surface area contributed by atoms with Crippen LogP contribution in [0.25, 0.3) is 0 Å². The molecule has 0 aromatic rings. The van der Waals surface area contributed by atoms with Crippen LogP contribution in [-0.2, 0) is 0 Å². The van der Waals surface area contributed by atoms with Gasteiger partial charge in [-0.2, -0.15) is 0 Å². The van der Waals surface area contributed by atoms with Gasteiger partial charge in [0.1, 0.15) is 0 Å². The molecule has 0 radical (unpaired) electrons. The lowest BCUT2D eigenvalue weighted by Crippen LogP contribution is -2.38. The first-order chi connectivity index (χ1) is 7.98. The third-order valence-electron chi connectivity index (χ3n) is 4.62. The highest BCUT2D eigenvalue weighted by atomic mass is 19.3. The Morgan fingerprint density at radius 1 is 1.12 bits per heavy atom. The molecule has 3 heteroatoms. The Hall–Kier alpha value is -0.180. The van der Waals surface area contributed by atoms with Crippen molar-refractivity contribution in [3.63, 3.8) is 0 Å². The number of hydrogen-bond donors (Lipinski definition) is 1. The number of aliphatic hydroxyl groups excluding tert-OH is 1. The second-order valence-corrected chi connectivity index (χ2v) is 6.23. The summed E-state index contributed by atoms with van der Waals surface area (Å²) in [6.07, 6.45) is 5.17. The van der Waals surface area contributed by atoms with Crippen LogP contribution in [-0.4, -0.2) is 17.1 Å². The predicted octanol–water partition coefficient (Wildman–Crippen LogP) is 4.00. The molecule has 2 aliphatic carbocycles. The second kappa shape index (κ2) is 5.21. The van der Waals surface area contributed by atoms with Gasteiger partial charge in [0.25, 0.3) is 0 Å². The molecule has 100 valence electrons. The molecule has 2 saturated carbocycles. The van der Waals surface area contributed by atoms with E-state index in [4.69, 9.17) is 0 Å². The molecule has 0 saturated heterocycles. The van der Waals surface area contributed by atoms with E-state index in [9.17, 15) is 13.9 Å². The lowest BCUT2D eigenvalue weighted by atomic mass is 9.72. The molecule has 2 fully saturated rings. The van der Waals surface area contributed by atoms with E-state index in [0.717, 1.165) is 25.7 Å². The Labute approximate surface area is 103 Å². The molecule has 4 atom stereocenters. The maximum atomic E-state index is 13.3. The third-order valence-corrected chi connectivity index (χ3v) is 4.62. The largest absolute Gasteiger partial charge is 0.393 e. The summed E-state index contributed by atoms with van der Waals surface area (Å²) >= 11 is 0. The number of rotatable bonds is 2. The van der Waals surface area contributed by atoms with Crippen LogP contribution in [0.3, 0.4) is 0 Å². The van der Waals surface area contributed by atoms with Crippen LogP contribution >= 0.6 is 0 Å². The fourth-order valence-electron chi connectivity index (χ4n) is 3.68. The van der Waals surface area contributed by atoms with Crippen LogP contribution in [0.2, 0.25) is 0 Å². The molecule has 1 nitrogen and oxygen atoms in total. The van der Waals surface area contributed by atoms with Crippen molar-refractivity contribution in [2.24, 2.45) is 17.8 Å². The van der Waals surface area contributed by atoms with Crippen molar-refractivity contribution in [3.8, 4) is 0 Å². The van der Waals surface area contributed by atoms with E-state index in [1.807, 2.05) is 0 Å². The Balaban J connectivity index is 1.92. The van der Waals surface area contributed by atoms with E-state index in [2.05, 4.69) is 6.92 Å². The monoisotopic (exact) mass is 246 g/mol. The van der Waals surface area contributed by atoms with E-state index < -0.39 is 12.0 Å². The van der Waals surface area contributed by atoms with Gasteiger partial charge in [-0.3, -0.25) is 0 Å². The van der Waals surface area contributed by atoms with Gasteiger partial charge in [-0.15, -0.1) is 0 Å². The van der Waals surface area contributed by atoms with Gasteiger partial charge in [0.2, 0.25) is 5.92 Å². The zero-order valence-electron chi connectivity index (χ0n) is 10.7. The van der Waals surface area contributed by atoms with Crippen molar-refractivity contribution < 1.29 is 13.9 Å². The minimum Gasteiger partial charge on any atom is -0.393 e. The maximum Gasteiger partial charge on any atom is 0.248 e. The summed E-state index contributed by atoms with van der Waals surface area (Å²) in [5.74, 6) is -1.80. The van der Waals surface area contributed by atoms with Crippen LogP contribution in [0.4, 0.5) is 8.78 Å². The van der Waals surface area contributed by atoms with E-state index in [0.29, 0.717) is 12.3 Å². The summed E-state index contributed by atoms with van der Waals surface area (Å²) in [5, 5.41) is 10.3. The van der Waals surface area contributed by atoms with Crippen molar-refractivity contribution in [2.45, 2.75) is 70.3 Å². The summed E-state index contributed by atoms with van der Waals surface area (Å²) in [7, 11) is 0. The average molecular weight is 246 g/mol. The van der Waals surface area contributed by atoms with Gasteiger partial charge < -0.3 is 5.11 Å². The molecule has 2 aliphatic rings. The van der Waals surface area contributed by atoms with Gasteiger partial charge in [0.15, 0.2) is 0 Å². The molecule has 0 aliphatic heterocycles. The minimum atomic E-state index is -2.54. The molecule has 0 aromatic carbocycles. The molecule has 0 bridgehead atoms. The molecule has 2 rings (SSSR count). The number of halogens is 2. The van der Waals surface area contributed by atoms with Crippen LogP contribution in [0.5, 0.6) is 0 Å². The zero-order valence-corrected chi connectivity index (χ0v) is 10.7. The van der Waals surface area contributed by atoms with Gasteiger partial charge in [0, 0.05) is 12.8 Å². The Morgan fingerprint density at radius 3 is 2.47 bits per heavy atom. The average Bonchev–Trinajstić information content (AvgIpc) is 2.26. The summed E-state index contributed by atoms with van der Waals surface area (Å²) in [6.45, 7) is 2.20. The normalized spacial score (nSPS) is 39.9. The Morgan fingerprint density at radius 2 is 1.82 bits per heavy atom. The lowest BCUT2D eigenvalue weighted by Gasteiger charge is -2.38. The third kappa shape index (κ3) is 3.40. The van der Waals surface area contributed by atoms with Gasteiger partial charge in [-0.1, -0.05) is 19.8 Å². The fraction of sp³-hybridized carbons (Fsp3) is 1.00. The van der Waals surface area contributed by atoms with Gasteiger partial charge in [-0.05, 0) is 43.4 Å². The highest BCUT2D eigenvalue weighted by Crippen LogP contribution is 2.42. The SMILES string of the molecule is CC1CCCC(C(O)C2CCCC(F)(F)C2)C1. The van der Waals surface area contributed by atoms with Crippen LogP contribution in [0.1, 0.15) is 58.3 Å². The number of hydrogen-bond acceptors (Lipinski definition) is 1. The molecular formula is C14H24F2O. The Kier molecular flexibility index (Phi) is 4.06. The number of aliphatic hydroxyl groups is 1. The zero-order chi connectivity index (χ0) is 12.5. The van der Waals surface area contributed by atoms with Crippen LogP contribution in [0, 0.1) is 17.8 Å². The first-order valence-corrected chi connectivity index (χ1v) is 7.04. The van der Waals surface area contributed by atoms with Gasteiger partial charge in [0.05, 0.1) is 6.10 Å². The van der Waals surface area contributed by atoms with Crippen LogP contribution < -0.4 is 0 Å².